The van der Waals surface area contributed by atoms with Crippen LogP contribution in [0.5, 0.6) is 0 Å². The van der Waals surface area contributed by atoms with Crippen LogP contribution in [-0.4, -0.2) is 48.3 Å². The van der Waals surface area contributed by atoms with Crippen molar-refractivity contribution in [2.45, 2.75) is 95.4 Å². The Morgan fingerprint density at radius 3 is 2.67 bits per heavy atom. The second-order valence-electron chi connectivity index (χ2n) is 7.70. The Morgan fingerprint density at radius 1 is 1.19 bits per heavy atom. The van der Waals surface area contributed by atoms with Crippen molar-refractivity contribution in [2.24, 2.45) is 0 Å². The van der Waals surface area contributed by atoms with Crippen molar-refractivity contribution in [1.29, 1.82) is 0 Å². The summed E-state index contributed by atoms with van der Waals surface area (Å²) in [6, 6.07) is 0.696. The quantitative estimate of drug-likeness (QED) is 0.861. The molecule has 3 unspecified atom stereocenters. The fourth-order valence-electron chi connectivity index (χ4n) is 4.75. The first kappa shape index (κ1) is 15.8. The number of piperazine rings is 1. The Kier molecular flexibility index (Phi) is 5.23. The van der Waals surface area contributed by atoms with Crippen LogP contribution in [0.25, 0.3) is 0 Å². The normalized spacial score (nSPS) is 37.1. The van der Waals surface area contributed by atoms with Gasteiger partial charge in [-0.3, -0.25) is 4.90 Å². The van der Waals surface area contributed by atoms with Gasteiger partial charge in [-0.05, 0) is 39.0 Å². The molecule has 122 valence electrons. The summed E-state index contributed by atoms with van der Waals surface area (Å²) in [6.45, 7) is 8.15. The van der Waals surface area contributed by atoms with E-state index in [1.165, 1.54) is 77.4 Å². The average molecular weight is 294 g/mol. The Bertz CT molecular complexity index is 327. The van der Waals surface area contributed by atoms with E-state index in [0.717, 1.165) is 0 Å². The molecule has 3 heteroatoms. The first-order valence-corrected chi connectivity index (χ1v) is 9.36. The number of ether oxygens (including phenoxy) is 1. The molecule has 1 spiro atoms. The SMILES string of the molecule is CCCC1CN(CC2CCC(C)O2)C2(CCCCC2)CN1. The van der Waals surface area contributed by atoms with Crippen LogP contribution in [0.15, 0.2) is 0 Å². The predicted octanol–water partition coefficient (Wildman–Crippen LogP) is 3.33. The minimum absolute atomic E-state index is 0.442. The fourth-order valence-corrected chi connectivity index (χ4v) is 4.75. The Morgan fingerprint density at radius 2 is 2.00 bits per heavy atom. The molecule has 2 heterocycles. The van der Waals surface area contributed by atoms with Gasteiger partial charge in [0.2, 0.25) is 0 Å². The molecular weight excluding hydrogens is 260 g/mol. The van der Waals surface area contributed by atoms with Crippen molar-refractivity contribution >= 4 is 0 Å². The van der Waals surface area contributed by atoms with Crippen LogP contribution in [0.1, 0.15) is 71.6 Å². The lowest BCUT2D eigenvalue weighted by molar-refractivity contribution is -0.0384. The van der Waals surface area contributed by atoms with E-state index >= 15 is 0 Å². The molecule has 3 rings (SSSR count). The second kappa shape index (κ2) is 6.97. The Balaban J connectivity index is 1.66. The van der Waals surface area contributed by atoms with Gasteiger partial charge in [0.25, 0.3) is 0 Å². The maximum absolute atomic E-state index is 6.13. The van der Waals surface area contributed by atoms with Crippen LogP contribution in [0.3, 0.4) is 0 Å². The zero-order valence-electron chi connectivity index (χ0n) is 14.1. The van der Waals surface area contributed by atoms with Crippen molar-refractivity contribution in [3.8, 4) is 0 Å². The van der Waals surface area contributed by atoms with Crippen LogP contribution in [0.2, 0.25) is 0 Å². The first-order chi connectivity index (χ1) is 10.2. The van der Waals surface area contributed by atoms with Gasteiger partial charge in [0.1, 0.15) is 0 Å². The van der Waals surface area contributed by atoms with Crippen molar-refractivity contribution in [3.05, 3.63) is 0 Å². The summed E-state index contributed by atoms with van der Waals surface area (Å²) in [6.07, 6.45) is 13.1. The largest absolute Gasteiger partial charge is 0.374 e. The third-order valence-electron chi connectivity index (χ3n) is 6.00. The Hall–Kier alpha value is -0.120. The van der Waals surface area contributed by atoms with Gasteiger partial charge < -0.3 is 10.1 Å². The zero-order chi connectivity index (χ0) is 14.7. The lowest BCUT2D eigenvalue weighted by Crippen LogP contribution is -2.66. The molecule has 0 aromatic carbocycles. The summed E-state index contributed by atoms with van der Waals surface area (Å²) < 4.78 is 6.13. The van der Waals surface area contributed by atoms with Crippen LogP contribution in [-0.2, 0) is 4.74 Å². The molecule has 0 bridgehead atoms. The fraction of sp³-hybridized carbons (Fsp3) is 1.00. The standard InChI is InChI=1S/C18H34N2O/c1-3-7-16-12-20(13-17-9-8-15(2)21-17)18(14-19-16)10-5-4-6-11-18/h15-17,19H,3-14H2,1-2H3. The molecule has 1 saturated carbocycles. The predicted molar refractivity (Wildman–Crippen MR) is 87.7 cm³/mol. The average Bonchev–Trinajstić information content (AvgIpc) is 2.90. The van der Waals surface area contributed by atoms with Crippen molar-refractivity contribution in [2.75, 3.05) is 19.6 Å². The molecule has 3 aliphatic rings. The maximum Gasteiger partial charge on any atom is 0.0706 e. The molecule has 3 fully saturated rings. The molecule has 0 amide bonds. The van der Waals surface area contributed by atoms with E-state index < -0.39 is 0 Å². The molecule has 0 aromatic rings. The minimum Gasteiger partial charge on any atom is -0.374 e. The summed E-state index contributed by atoms with van der Waals surface area (Å²) >= 11 is 0. The van der Waals surface area contributed by atoms with Crippen molar-refractivity contribution in [3.63, 3.8) is 0 Å². The molecular formula is C18H34N2O. The number of hydrogen-bond donors (Lipinski definition) is 1. The molecule has 0 aromatic heterocycles. The number of nitrogens with zero attached hydrogens (tertiary/aromatic N) is 1. The van der Waals surface area contributed by atoms with Crippen LogP contribution >= 0.6 is 0 Å². The highest BCUT2D eigenvalue weighted by Gasteiger charge is 2.43. The number of nitrogens with one attached hydrogen (secondary N) is 1. The topological polar surface area (TPSA) is 24.5 Å². The summed E-state index contributed by atoms with van der Waals surface area (Å²) in [5, 5.41) is 3.86. The highest BCUT2D eigenvalue weighted by atomic mass is 16.5. The van der Waals surface area contributed by atoms with Crippen molar-refractivity contribution in [1.82, 2.24) is 10.2 Å². The van der Waals surface area contributed by atoms with E-state index in [4.69, 9.17) is 4.74 Å². The molecule has 2 saturated heterocycles. The first-order valence-electron chi connectivity index (χ1n) is 9.36. The third-order valence-corrected chi connectivity index (χ3v) is 6.00. The molecule has 21 heavy (non-hydrogen) atoms. The minimum atomic E-state index is 0.442. The van der Waals surface area contributed by atoms with Crippen molar-refractivity contribution < 1.29 is 4.74 Å². The molecule has 0 radical (unpaired) electrons. The van der Waals surface area contributed by atoms with Gasteiger partial charge in [0, 0.05) is 31.2 Å². The molecule has 3 nitrogen and oxygen atoms in total. The summed E-state index contributed by atoms with van der Waals surface area (Å²) in [5.41, 5.74) is 0.442. The number of rotatable bonds is 4. The van der Waals surface area contributed by atoms with E-state index in [0.29, 0.717) is 23.8 Å². The van der Waals surface area contributed by atoms with Gasteiger partial charge in [-0.1, -0.05) is 32.6 Å². The van der Waals surface area contributed by atoms with Gasteiger partial charge in [0.15, 0.2) is 0 Å². The molecule has 3 atom stereocenters. The summed E-state index contributed by atoms with van der Waals surface area (Å²) in [7, 11) is 0. The lowest BCUT2D eigenvalue weighted by atomic mass is 9.78. The van der Waals surface area contributed by atoms with E-state index in [1.54, 1.807) is 0 Å². The highest BCUT2D eigenvalue weighted by molar-refractivity contribution is 5.01. The molecule has 2 aliphatic heterocycles. The second-order valence-corrected chi connectivity index (χ2v) is 7.70. The number of hydrogen-bond acceptors (Lipinski definition) is 3. The van der Waals surface area contributed by atoms with E-state index in [9.17, 15) is 0 Å². The van der Waals surface area contributed by atoms with Gasteiger partial charge in [-0.2, -0.15) is 0 Å². The smallest absolute Gasteiger partial charge is 0.0706 e. The van der Waals surface area contributed by atoms with Crippen LogP contribution in [0, 0.1) is 0 Å². The van der Waals surface area contributed by atoms with Crippen LogP contribution in [0.4, 0.5) is 0 Å². The Labute approximate surface area is 130 Å². The van der Waals surface area contributed by atoms with Gasteiger partial charge in [0.05, 0.1) is 12.2 Å². The van der Waals surface area contributed by atoms with E-state index in [-0.39, 0.29) is 0 Å². The molecule has 1 aliphatic carbocycles. The van der Waals surface area contributed by atoms with Gasteiger partial charge in [-0.25, -0.2) is 0 Å². The maximum atomic E-state index is 6.13. The van der Waals surface area contributed by atoms with E-state index in [2.05, 4.69) is 24.1 Å². The monoisotopic (exact) mass is 294 g/mol. The molecule has 1 N–H and O–H groups in total. The van der Waals surface area contributed by atoms with E-state index in [1.807, 2.05) is 0 Å². The van der Waals surface area contributed by atoms with Gasteiger partial charge >= 0.3 is 0 Å². The third kappa shape index (κ3) is 3.62. The zero-order valence-corrected chi connectivity index (χ0v) is 14.1. The summed E-state index contributed by atoms with van der Waals surface area (Å²) in [5.74, 6) is 0. The lowest BCUT2D eigenvalue weighted by Gasteiger charge is -2.52. The van der Waals surface area contributed by atoms with Gasteiger partial charge in [-0.15, -0.1) is 0 Å². The highest BCUT2D eigenvalue weighted by Crippen LogP contribution is 2.36. The summed E-state index contributed by atoms with van der Waals surface area (Å²) in [4.78, 5) is 2.84. The van der Waals surface area contributed by atoms with Crippen LogP contribution < -0.4 is 5.32 Å².